The molecule has 88 valence electrons. The maximum Gasteiger partial charge on any atom is 0.0448 e. The highest BCUT2D eigenvalue weighted by Crippen LogP contribution is 2.24. The van der Waals surface area contributed by atoms with Gasteiger partial charge in [-0.2, -0.15) is 0 Å². The van der Waals surface area contributed by atoms with Crippen molar-refractivity contribution >= 4 is 5.71 Å². The van der Waals surface area contributed by atoms with Gasteiger partial charge in [-0.15, -0.1) is 0 Å². The smallest absolute Gasteiger partial charge is 0.0448 e. The van der Waals surface area contributed by atoms with Crippen molar-refractivity contribution < 1.29 is 0 Å². The van der Waals surface area contributed by atoms with Gasteiger partial charge in [0.1, 0.15) is 0 Å². The van der Waals surface area contributed by atoms with Crippen LogP contribution in [0, 0.1) is 5.92 Å². The lowest BCUT2D eigenvalue weighted by Gasteiger charge is -2.15. The number of hydrogen-bond donors (Lipinski definition) is 0. The maximum absolute atomic E-state index is 4.78. The first-order chi connectivity index (χ1) is 8.16. The zero-order valence-corrected chi connectivity index (χ0v) is 10.8. The van der Waals surface area contributed by atoms with Gasteiger partial charge in [-0.1, -0.05) is 49.4 Å². The van der Waals surface area contributed by atoms with Gasteiger partial charge < -0.3 is 0 Å². The Morgan fingerprint density at radius 2 is 1.94 bits per heavy atom. The molecule has 0 bridgehead atoms. The Labute approximate surface area is 104 Å². The van der Waals surface area contributed by atoms with E-state index in [1.165, 1.54) is 16.8 Å². The van der Waals surface area contributed by atoms with Crippen LogP contribution in [-0.4, -0.2) is 5.71 Å². The van der Waals surface area contributed by atoms with E-state index in [0.717, 1.165) is 12.1 Å². The molecule has 0 saturated heterocycles. The fraction of sp³-hybridized carbons (Fsp3) is 0.312. The van der Waals surface area contributed by atoms with Crippen molar-refractivity contribution in [2.24, 2.45) is 10.9 Å². The van der Waals surface area contributed by atoms with E-state index in [9.17, 15) is 0 Å². The summed E-state index contributed by atoms with van der Waals surface area (Å²) < 4.78 is 0. The third-order valence-corrected chi connectivity index (χ3v) is 3.14. The summed E-state index contributed by atoms with van der Waals surface area (Å²) in [6.45, 7) is 6.45. The topological polar surface area (TPSA) is 12.4 Å². The number of hydrogen-bond acceptors (Lipinski definition) is 1. The Morgan fingerprint density at radius 3 is 2.65 bits per heavy atom. The SMILES string of the molecule is CC1=C(/N=C(\C)c2ccccc2)CC(C)C=C1. The average molecular weight is 225 g/mol. The molecule has 1 aromatic carbocycles. The van der Waals surface area contributed by atoms with Crippen molar-refractivity contribution in [3.05, 3.63) is 59.3 Å². The van der Waals surface area contributed by atoms with Gasteiger partial charge in [-0.05, 0) is 37.3 Å². The Morgan fingerprint density at radius 1 is 1.24 bits per heavy atom. The van der Waals surface area contributed by atoms with Gasteiger partial charge in [-0.25, -0.2) is 0 Å². The van der Waals surface area contributed by atoms with Gasteiger partial charge in [0, 0.05) is 11.4 Å². The minimum atomic E-state index is 0.598. The Bertz CT molecular complexity index is 478. The number of nitrogens with zero attached hydrogens (tertiary/aromatic N) is 1. The van der Waals surface area contributed by atoms with Crippen LogP contribution in [0.25, 0.3) is 0 Å². The van der Waals surface area contributed by atoms with E-state index >= 15 is 0 Å². The lowest BCUT2D eigenvalue weighted by Crippen LogP contribution is -2.02. The molecule has 2 rings (SSSR count). The molecular formula is C16H19N. The van der Waals surface area contributed by atoms with Crippen LogP contribution in [0.4, 0.5) is 0 Å². The molecular weight excluding hydrogens is 206 g/mol. The van der Waals surface area contributed by atoms with Crippen LogP contribution in [0.3, 0.4) is 0 Å². The van der Waals surface area contributed by atoms with E-state index in [4.69, 9.17) is 4.99 Å². The van der Waals surface area contributed by atoms with Crippen LogP contribution in [0.1, 0.15) is 32.8 Å². The molecule has 1 heteroatoms. The molecule has 0 saturated carbocycles. The Kier molecular flexibility index (Phi) is 3.58. The summed E-state index contributed by atoms with van der Waals surface area (Å²) in [6, 6.07) is 10.4. The largest absolute Gasteiger partial charge is 0.257 e. The summed E-state index contributed by atoms with van der Waals surface area (Å²) in [7, 11) is 0. The van der Waals surface area contributed by atoms with E-state index in [0.29, 0.717) is 5.92 Å². The zero-order chi connectivity index (χ0) is 12.3. The molecule has 1 aliphatic rings. The molecule has 1 aromatic rings. The molecule has 0 aromatic heterocycles. The lowest BCUT2D eigenvalue weighted by atomic mass is 9.96. The van der Waals surface area contributed by atoms with Crippen molar-refractivity contribution in [2.75, 3.05) is 0 Å². The van der Waals surface area contributed by atoms with Crippen LogP contribution in [0.2, 0.25) is 0 Å². The first-order valence-electron chi connectivity index (χ1n) is 6.15. The van der Waals surface area contributed by atoms with Gasteiger partial charge in [0.05, 0.1) is 0 Å². The van der Waals surface area contributed by atoms with E-state index in [-0.39, 0.29) is 0 Å². The molecule has 0 N–H and O–H groups in total. The van der Waals surface area contributed by atoms with E-state index < -0.39 is 0 Å². The predicted molar refractivity (Wildman–Crippen MR) is 74.3 cm³/mol. The quantitative estimate of drug-likeness (QED) is 0.663. The van der Waals surface area contributed by atoms with Crippen molar-refractivity contribution in [2.45, 2.75) is 27.2 Å². The normalized spacial score (nSPS) is 20.9. The maximum atomic E-state index is 4.78. The summed E-state index contributed by atoms with van der Waals surface area (Å²) in [5.74, 6) is 0.598. The highest BCUT2D eigenvalue weighted by Gasteiger charge is 2.10. The van der Waals surface area contributed by atoms with Crippen molar-refractivity contribution in [3.8, 4) is 0 Å². The molecule has 0 amide bonds. The van der Waals surface area contributed by atoms with Crippen molar-refractivity contribution in [3.63, 3.8) is 0 Å². The lowest BCUT2D eigenvalue weighted by molar-refractivity contribution is 0.694. The number of allylic oxidation sites excluding steroid dienone is 4. The van der Waals surface area contributed by atoms with E-state index in [1.54, 1.807) is 0 Å². The predicted octanol–water partition coefficient (Wildman–Crippen LogP) is 4.37. The molecule has 1 aliphatic carbocycles. The van der Waals surface area contributed by atoms with Gasteiger partial charge in [0.2, 0.25) is 0 Å². The number of rotatable bonds is 2. The number of aliphatic imine (C=N–C) groups is 1. The van der Waals surface area contributed by atoms with Crippen LogP contribution < -0.4 is 0 Å². The molecule has 1 unspecified atom stereocenters. The molecule has 17 heavy (non-hydrogen) atoms. The highest BCUT2D eigenvalue weighted by atomic mass is 14.8. The Hall–Kier alpha value is -1.63. The molecule has 0 heterocycles. The molecule has 1 atom stereocenters. The number of benzene rings is 1. The molecule has 0 aliphatic heterocycles. The van der Waals surface area contributed by atoms with E-state index in [2.05, 4.69) is 57.2 Å². The third-order valence-electron chi connectivity index (χ3n) is 3.14. The van der Waals surface area contributed by atoms with Crippen LogP contribution in [0.15, 0.2) is 58.7 Å². The molecule has 0 spiro atoms. The average Bonchev–Trinajstić information content (AvgIpc) is 2.35. The molecule has 1 nitrogen and oxygen atoms in total. The van der Waals surface area contributed by atoms with Gasteiger partial charge >= 0.3 is 0 Å². The second-order valence-corrected chi connectivity index (χ2v) is 4.73. The summed E-state index contributed by atoms with van der Waals surface area (Å²) >= 11 is 0. The highest BCUT2D eigenvalue weighted by molar-refractivity contribution is 5.99. The van der Waals surface area contributed by atoms with Gasteiger partial charge in [0.15, 0.2) is 0 Å². The van der Waals surface area contributed by atoms with E-state index in [1.807, 2.05) is 6.07 Å². The fourth-order valence-corrected chi connectivity index (χ4v) is 2.02. The van der Waals surface area contributed by atoms with Crippen molar-refractivity contribution in [1.82, 2.24) is 0 Å². The second-order valence-electron chi connectivity index (χ2n) is 4.73. The fourth-order valence-electron chi connectivity index (χ4n) is 2.02. The van der Waals surface area contributed by atoms with Gasteiger partial charge in [-0.3, -0.25) is 4.99 Å². The van der Waals surface area contributed by atoms with Crippen LogP contribution >= 0.6 is 0 Å². The Balaban J connectivity index is 2.28. The minimum Gasteiger partial charge on any atom is -0.257 e. The zero-order valence-electron chi connectivity index (χ0n) is 10.8. The molecule has 0 fully saturated rings. The summed E-state index contributed by atoms with van der Waals surface area (Å²) in [6.07, 6.45) is 5.49. The first-order valence-corrected chi connectivity index (χ1v) is 6.15. The first kappa shape index (κ1) is 11.8. The van der Waals surface area contributed by atoms with Crippen LogP contribution in [-0.2, 0) is 0 Å². The molecule has 0 radical (unpaired) electrons. The monoisotopic (exact) mass is 225 g/mol. The standard InChI is InChI=1S/C16H19N/c1-12-9-10-13(2)16(11-12)17-14(3)15-7-5-4-6-8-15/h4-10,12H,11H2,1-3H3/b17-14+. The minimum absolute atomic E-state index is 0.598. The van der Waals surface area contributed by atoms with Crippen molar-refractivity contribution in [1.29, 1.82) is 0 Å². The second kappa shape index (κ2) is 5.13. The summed E-state index contributed by atoms with van der Waals surface area (Å²) in [5.41, 5.74) is 4.82. The van der Waals surface area contributed by atoms with Crippen LogP contribution in [0.5, 0.6) is 0 Å². The van der Waals surface area contributed by atoms with Gasteiger partial charge in [0.25, 0.3) is 0 Å². The summed E-state index contributed by atoms with van der Waals surface area (Å²) in [5, 5.41) is 0. The summed E-state index contributed by atoms with van der Waals surface area (Å²) in [4.78, 5) is 4.78. The third kappa shape index (κ3) is 2.94.